The minimum Gasteiger partial charge on any atom is -0.443 e. The molecular weight excluding hydrogens is 421 g/mol. The Morgan fingerprint density at radius 1 is 1.23 bits per heavy atom. The number of nitrogens with zero attached hydrogens (tertiary/aromatic N) is 2. The van der Waals surface area contributed by atoms with Gasteiger partial charge in [0.1, 0.15) is 5.71 Å². The molecule has 5 nitrogen and oxygen atoms in total. The lowest BCUT2D eigenvalue weighted by Gasteiger charge is -2.32. The Bertz CT molecular complexity index is 953. The molecule has 0 N–H and O–H groups in total. The average Bonchev–Trinajstić information content (AvgIpc) is 3.28. The van der Waals surface area contributed by atoms with Gasteiger partial charge in [0.25, 0.3) is 0 Å². The summed E-state index contributed by atoms with van der Waals surface area (Å²) < 4.78 is 44.5. The fourth-order valence-electron chi connectivity index (χ4n) is 3.60. The highest BCUT2D eigenvalue weighted by Crippen LogP contribution is 2.32. The predicted molar refractivity (Wildman–Crippen MR) is 104 cm³/mol. The zero-order valence-corrected chi connectivity index (χ0v) is 16.7. The van der Waals surface area contributed by atoms with Crippen molar-refractivity contribution < 1.29 is 27.2 Å². The van der Waals surface area contributed by atoms with Gasteiger partial charge >= 0.3 is 6.18 Å². The van der Waals surface area contributed by atoms with Gasteiger partial charge in [0.15, 0.2) is 17.1 Å². The molecule has 0 bridgehead atoms. The van der Waals surface area contributed by atoms with E-state index in [0.717, 1.165) is 31.4 Å². The number of hydrogen-bond donors (Lipinski definition) is 0. The van der Waals surface area contributed by atoms with Crippen LogP contribution in [0.4, 0.5) is 13.2 Å². The largest absolute Gasteiger partial charge is 0.443 e. The molecule has 1 aromatic carbocycles. The number of halogens is 4. The van der Waals surface area contributed by atoms with Crippen molar-refractivity contribution in [2.45, 2.75) is 44.5 Å². The van der Waals surface area contributed by atoms with E-state index in [1.807, 2.05) is 0 Å². The molecule has 1 aliphatic carbocycles. The Hall–Kier alpha value is -2.48. The van der Waals surface area contributed by atoms with Crippen LogP contribution in [-0.4, -0.2) is 29.2 Å². The highest BCUT2D eigenvalue weighted by atomic mass is 35.5. The van der Waals surface area contributed by atoms with E-state index in [2.05, 4.69) is 5.16 Å². The normalized spacial score (nSPS) is 19.2. The van der Waals surface area contributed by atoms with Crippen LogP contribution in [0, 0.1) is 5.92 Å². The summed E-state index contributed by atoms with van der Waals surface area (Å²) in [7, 11) is 0. The molecule has 9 heteroatoms. The SMILES string of the molecule is O=C(C1CCC1)N(Cc1cccc(C(F)(F)F)c1)C[C@@H]1CC(c2ccc(Cl)o2)=NO1. The van der Waals surface area contributed by atoms with E-state index >= 15 is 0 Å². The van der Waals surface area contributed by atoms with Gasteiger partial charge in [0.05, 0.1) is 12.1 Å². The summed E-state index contributed by atoms with van der Waals surface area (Å²) in [6.45, 7) is 0.314. The number of hydrogen-bond acceptors (Lipinski definition) is 4. The maximum Gasteiger partial charge on any atom is 0.416 e. The monoisotopic (exact) mass is 440 g/mol. The van der Waals surface area contributed by atoms with Crippen molar-refractivity contribution in [2.75, 3.05) is 6.54 Å². The first kappa shape index (κ1) is 20.8. The van der Waals surface area contributed by atoms with Crippen molar-refractivity contribution >= 4 is 23.2 Å². The lowest BCUT2D eigenvalue weighted by Crippen LogP contribution is -2.42. The molecule has 0 spiro atoms. The molecule has 1 saturated carbocycles. The maximum absolute atomic E-state index is 13.1. The summed E-state index contributed by atoms with van der Waals surface area (Å²) >= 11 is 5.80. The predicted octanol–water partition coefficient (Wildman–Crippen LogP) is 5.27. The van der Waals surface area contributed by atoms with Crippen molar-refractivity contribution in [1.29, 1.82) is 0 Å². The highest BCUT2D eigenvalue weighted by molar-refractivity contribution is 6.29. The minimum atomic E-state index is -4.43. The summed E-state index contributed by atoms with van der Waals surface area (Å²) in [5.41, 5.74) is 0.282. The van der Waals surface area contributed by atoms with Crippen molar-refractivity contribution in [2.24, 2.45) is 11.1 Å². The third-order valence-electron chi connectivity index (χ3n) is 5.41. The van der Waals surface area contributed by atoms with Crippen molar-refractivity contribution in [1.82, 2.24) is 4.90 Å². The fourth-order valence-corrected chi connectivity index (χ4v) is 3.75. The molecule has 0 unspecified atom stereocenters. The maximum atomic E-state index is 13.1. The Morgan fingerprint density at radius 2 is 2.03 bits per heavy atom. The Balaban J connectivity index is 1.46. The first-order chi connectivity index (χ1) is 14.3. The van der Waals surface area contributed by atoms with Gasteiger partial charge in [-0.05, 0) is 54.3 Å². The van der Waals surface area contributed by atoms with Crippen LogP contribution < -0.4 is 0 Å². The first-order valence-corrected chi connectivity index (χ1v) is 10.1. The molecule has 0 radical (unpaired) electrons. The molecule has 1 aromatic heterocycles. The quantitative estimate of drug-likeness (QED) is 0.614. The van der Waals surface area contributed by atoms with Crippen LogP contribution in [0.3, 0.4) is 0 Å². The van der Waals surface area contributed by atoms with E-state index in [4.69, 9.17) is 20.9 Å². The molecule has 2 aliphatic rings. The van der Waals surface area contributed by atoms with Crippen LogP contribution in [0.2, 0.25) is 5.22 Å². The van der Waals surface area contributed by atoms with Crippen LogP contribution in [0.25, 0.3) is 0 Å². The van der Waals surface area contributed by atoms with Gasteiger partial charge in [-0.3, -0.25) is 4.79 Å². The second-order valence-corrected chi connectivity index (χ2v) is 7.99. The molecular formula is C21H20ClF3N2O3. The van der Waals surface area contributed by atoms with Crippen LogP contribution in [-0.2, 0) is 22.4 Å². The van der Waals surface area contributed by atoms with Gasteiger partial charge in [-0.15, -0.1) is 0 Å². The summed E-state index contributed by atoms with van der Waals surface area (Å²) in [6, 6.07) is 8.36. The van der Waals surface area contributed by atoms with E-state index in [1.165, 1.54) is 6.07 Å². The van der Waals surface area contributed by atoms with Crippen LogP contribution in [0.15, 0.2) is 46.0 Å². The molecule has 2 aromatic rings. The summed E-state index contributed by atoms with van der Waals surface area (Å²) in [6.07, 6.45) is -1.83. The zero-order chi connectivity index (χ0) is 21.3. The van der Waals surface area contributed by atoms with E-state index in [-0.39, 0.29) is 30.1 Å². The third kappa shape index (κ3) is 4.64. The third-order valence-corrected chi connectivity index (χ3v) is 5.61. The number of amides is 1. The molecule has 0 saturated heterocycles. The highest BCUT2D eigenvalue weighted by Gasteiger charge is 2.34. The number of rotatable bonds is 6. The van der Waals surface area contributed by atoms with Gasteiger partial charge in [0.2, 0.25) is 5.91 Å². The number of carbonyl (C=O) groups is 1. The molecule has 1 atom stereocenters. The van der Waals surface area contributed by atoms with Crippen molar-refractivity contribution in [3.63, 3.8) is 0 Å². The number of oxime groups is 1. The topological polar surface area (TPSA) is 55.0 Å². The fraction of sp³-hybridized carbons (Fsp3) is 0.429. The number of furan rings is 1. The van der Waals surface area contributed by atoms with Gasteiger partial charge in [-0.2, -0.15) is 13.2 Å². The van der Waals surface area contributed by atoms with Crippen molar-refractivity contribution in [3.8, 4) is 0 Å². The summed E-state index contributed by atoms with van der Waals surface area (Å²) in [5, 5.41) is 4.26. The van der Waals surface area contributed by atoms with Crippen LogP contribution in [0.1, 0.15) is 42.6 Å². The number of carbonyl (C=O) groups excluding carboxylic acids is 1. The molecule has 2 heterocycles. The lowest BCUT2D eigenvalue weighted by atomic mass is 9.84. The van der Waals surface area contributed by atoms with Gasteiger partial charge < -0.3 is 14.2 Å². The minimum absolute atomic E-state index is 0.0586. The smallest absolute Gasteiger partial charge is 0.416 e. The molecule has 30 heavy (non-hydrogen) atoms. The van der Waals surface area contributed by atoms with Gasteiger partial charge in [-0.1, -0.05) is 23.7 Å². The average molecular weight is 441 g/mol. The number of alkyl halides is 3. The summed E-state index contributed by atoms with van der Waals surface area (Å²) in [4.78, 5) is 20.0. The molecule has 160 valence electrons. The van der Waals surface area contributed by atoms with E-state index in [0.29, 0.717) is 23.5 Å². The van der Waals surface area contributed by atoms with E-state index < -0.39 is 17.8 Å². The molecule has 4 rings (SSSR count). The standard InChI is InChI=1S/C21H20ClF3N2O3/c22-19-8-7-18(29-19)17-10-16(30-26-17)12-27(20(28)14-4-2-5-14)11-13-3-1-6-15(9-13)21(23,24)25/h1,3,6-9,14,16H,2,4-5,10-12H2/t16-/m0/s1. The van der Waals surface area contributed by atoms with Crippen LogP contribution in [0.5, 0.6) is 0 Å². The molecule has 1 amide bonds. The van der Waals surface area contributed by atoms with E-state index in [9.17, 15) is 18.0 Å². The van der Waals surface area contributed by atoms with Crippen LogP contribution >= 0.6 is 11.6 Å². The first-order valence-electron chi connectivity index (χ1n) is 9.73. The Morgan fingerprint density at radius 3 is 2.67 bits per heavy atom. The number of benzene rings is 1. The van der Waals surface area contributed by atoms with E-state index in [1.54, 1.807) is 23.1 Å². The lowest BCUT2D eigenvalue weighted by molar-refractivity contribution is -0.140. The molecule has 1 fully saturated rings. The zero-order valence-electron chi connectivity index (χ0n) is 16.0. The second kappa shape index (κ2) is 8.34. The Labute approximate surface area is 176 Å². The second-order valence-electron chi connectivity index (χ2n) is 7.62. The Kier molecular flexibility index (Phi) is 5.77. The van der Waals surface area contributed by atoms with Gasteiger partial charge in [0, 0.05) is 18.9 Å². The summed E-state index contributed by atoms with van der Waals surface area (Å²) in [5.74, 6) is 0.357. The van der Waals surface area contributed by atoms with Gasteiger partial charge in [-0.25, -0.2) is 0 Å². The van der Waals surface area contributed by atoms with Crippen molar-refractivity contribution in [3.05, 3.63) is 58.5 Å². The molecule has 1 aliphatic heterocycles.